The van der Waals surface area contributed by atoms with Crippen LogP contribution >= 0.6 is 0 Å². The van der Waals surface area contributed by atoms with Crippen LogP contribution in [0.1, 0.15) is 103 Å². The predicted octanol–water partition coefficient (Wildman–Crippen LogP) is 13.9. The van der Waals surface area contributed by atoms with Gasteiger partial charge in [-0.15, -0.1) is 53.6 Å². The molecule has 1 fully saturated rings. The Morgan fingerprint density at radius 1 is 0.724 bits per heavy atom. The molecule has 4 nitrogen and oxygen atoms in total. The average Bonchev–Trinajstić information content (AvgIpc) is 3.68. The Morgan fingerprint density at radius 2 is 1.50 bits per heavy atom. The number of aryl methyl sites for hydroxylation is 2. The fraction of sp³-hybridized carbons (Fsp3) is 0.264. The van der Waals surface area contributed by atoms with E-state index in [0.29, 0.717) is 28.5 Å². The summed E-state index contributed by atoms with van der Waals surface area (Å²) in [7, 11) is 0. The number of hydrogen-bond donors (Lipinski definition) is 0. The van der Waals surface area contributed by atoms with Crippen molar-refractivity contribution < 1.29 is 35.5 Å². The van der Waals surface area contributed by atoms with Crippen LogP contribution in [-0.2, 0) is 32.9 Å². The monoisotopic (exact) mass is 946 g/mol. The fourth-order valence-electron chi connectivity index (χ4n) is 7.63. The van der Waals surface area contributed by atoms with Gasteiger partial charge in [0.15, 0.2) is 0 Å². The molecular weight excluding hydrogens is 887 g/mol. The van der Waals surface area contributed by atoms with E-state index in [1.54, 1.807) is 30.5 Å². The van der Waals surface area contributed by atoms with Crippen molar-refractivity contribution in [1.29, 1.82) is 0 Å². The van der Waals surface area contributed by atoms with E-state index in [1.165, 1.54) is 49.3 Å². The van der Waals surface area contributed by atoms with E-state index in [1.807, 2.05) is 81.6 Å². The zero-order valence-electron chi connectivity index (χ0n) is 41.0. The number of rotatable bonds is 7. The molecule has 0 amide bonds. The average molecular weight is 946 g/mol. The SMILES string of the molecule is [2H]C([2H])([2H])c1c[c-]c(-c2cc(-c3ccc(C([2H])([2H])C(C)(C)C)cc3)ccn2)cc1.[2H]C([2H])([2H])c1ccc2c(n1)oc1c(-c3cc(Cc4ccc(C5CCCCC5)cc4)ccn3)[c-]ccc12.[Ir]. The zero-order chi connectivity index (χ0) is 46.1. The van der Waals surface area contributed by atoms with Crippen LogP contribution in [0, 0.1) is 31.3 Å². The van der Waals surface area contributed by atoms with Crippen molar-refractivity contribution in [3.05, 3.63) is 173 Å². The smallest absolute Gasteiger partial charge is 0.216 e. The van der Waals surface area contributed by atoms with Crippen LogP contribution in [0.4, 0.5) is 0 Å². The minimum absolute atomic E-state index is 0. The summed E-state index contributed by atoms with van der Waals surface area (Å²) in [6.45, 7) is 1.24. The second kappa shape index (κ2) is 18.1. The van der Waals surface area contributed by atoms with Crippen molar-refractivity contribution in [2.75, 3.05) is 0 Å². The molecule has 58 heavy (non-hydrogen) atoms. The first kappa shape index (κ1) is 31.7. The maximum Gasteiger partial charge on any atom is 0.216 e. The molecular formula is C53H51IrN3O-2. The van der Waals surface area contributed by atoms with Gasteiger partial charge in [0.2, 0.25) is 5.71 Å². The maximum atomic E-state index is 8.41. The predicted molar refractivity (Wildman–Crippen MR) is 235 cm³/mol. The molecule has 0 atom stereocenters. The molecule has 295 valence electrons. The summed E-state index contributed by atoms with van der Waals surface area (Å²) in [5.74, 6) is 0.713. The Labute approximate surface area is 368 Å². The van der Waals surface area contributed by atoms with E-state index in [4.69, 9.17) is 15.4 Å². The molecule has 4 aromatic heterocycles. The van der Waals surface area contributed by atoms with Gasteiger partial charge in [-0.25, -0.2) is 4.98 Å². The first-order chi connectivity index (χ1) is 30.8. The molecule has 0 N–H and O–H groups in total. The molecule has 1 aliphatic carbocycles. The van der Waals surface area contributed by atoms with Crippen LogP contribution in [0.15, 0.2) is 132 Å². The summed E-state index contributed by atoms with van der Waals surface area (Å²) in [5.41, 5.74) is 10.1. The Morgan fingerprint density at radius 3 is 2.24 bits per heavy atom. The standard InChI is InChI=1S/C30H27N2O.C23H24N.Ir/c1-20-10-15-26-25-8-5-9-27(29(25)33-30(26)32-20)28-19-22(16-17-31-28)18-21-11-13-24(14-12-21)23-6-3-2-4-7-23;1-17-5-9-20(10-6-17)22-15-21(13-14-24-22)19-11-7-18(8-12-19)16-23(2,3)4;/h5,8,10-17,19,23H,2-4,6-7,18H2,1H3;5-9,11-15H,16H2,1-4H3;/q2*-1;/i1D3;1D3,16D2;. The van der Waals surface area contributed by atoms with Crippen molar-refractivity contribution >= 4 is 22.1 Å². The van der Waals surface area contributed by atoms with Gasteiger partial charge < -0.3 is 14.4 Å². The molecule has 4 heterocycles. The summed E-state index contributed by atoms with van der Waals surface area (Å²) >= 11 is 0. The molecule has 0 bridgehead atoms. The van der Waals surface area contributed by atoms with Crippen molar-refractivity contribution in [2.45, 2.75) is 85.3 Å². The van der Waals surface area contributed by atoms with Crippen LogP contribution in [0.3, 0.4) is 0 Å². The van der Waals surface area contributed by atoms with E-state index < -0.39 is 25.5 Å². The molecule has 1 aliphatic rings. The second-order valence-electron chi connectivity index (χ2n) is 15.9. The number of aromatic nitrogens is 3. The van der Waals surface area contributed by atoms with Crippen molar-refractivity contribution in [3.63, 3.8) is 0 Å². The Kier molecular flexibility index (Phi) is 9.93. The van der Waals surface area contributed by atoms with Gasteiger partial charge in [-0.1, -0.05) is 118 Å². The molecule has 1 radical (unpaired) electrons. The summed E-state index contributed by atoms with van der Waals surface area (Å²) in [6.07, 6.45) is 9.59. The number of fused-ring (bicyclic) bond motifs is 3. The van der Waals surface area contributed by atoms with Gasteiger partial charge in [0, 0.05) is 54.5 Å². The Hall–Kier alpha value is -5.22. The summed E-state index contributed by atoms with van der Waals surface area (Å²) in [6, 6.07) is 42.7. The first-order valence-corrected chi connectivity index (χ1v) is 19.7. The maximum absolute atomic E-state index is 8.41. The van der Waals surface area contributed by atoms with Crippen LogP contribution in [0.5, 0.6) is 0 Å². The molecule has 1 saturated carbocycles. The third-order valence-electron chi connectivity index (χ3n) is 10.4. The summed E-state index contributed by atoms with van der Waals surface area (Å²) in [4.78, 5) is 13.3. The number of pyridine rings is 3. The number of hydrogen-bond acceptors (Lipinski definition) is 4. The molecule has 0 saturated heterocycles. The van der Waals surface area contributed by atoms with Gasteiger partial charge in [0.25, 0.3) is 0 Å². The van der Waals surface area contributed by atoms with E-state index in [2.05, 4.69) is 57.4 Å². The van der Waals surface area contributed by atoms with Crippen molar-refractivity contribution in [2.24, 2.45) is 5.41 Å². The summed E-state index contributed by atoms with van der Waals surface area (Å²) < 4.78 is 68.2. The van der Waals surface area contributed by atoms with Gasteiger partial charge in [0.05, 0.1) is 5.58 Å². The van der Waals surface area contributed by atoms with Gasteiger partial charge in [0.1, 0.15) is 0 Å². The largest absolute Gasteiger partial charge is 0.486 e. The molecule has 0 spiro atoms. The first-order valence-electron chi connectivity index (χ1n) is 23.7. The van der Waals surface area contributed by atoms with E-state index >= 15 is 0 Å². The molecule has 4 aromatic carbocycles. The Balaban J connectivity index is 0.000000198. The minimum Gasteiger partial charge on any atom is -0.486 e. The van der Waals surface area contributed by atoms with Crippen LogP contribution < -0.4 is 0 Å². The van der Waals surface area contributed by atoms with Gasteiger partial charge in [-0.2, -0.15) is 0 Å². The fourth-order valence-corrected chi connectivity index (χ4v) is 7.63. The Bertz CT molecular complexity index is 2910. The third-order valence-corrected chi connectivity index (χ3v) is 10.4. The van der Waals surface area contributed by atoms with Crippen molar-refractivity contribution in [3.8, 4) is 33.6 Å². The molecule has 0 unspecified atom stereocenters. The van der Waals surface area contributed by atoms with Crippen LogP contribution in [0.25, 0.3) is 55.7 Å². The van der Waals surface area contributed by atoms with Gasteiger partial charge in [-0.3, -0.25) is 0 Å². The van der Waals surface area contributed by atoms with Crippen molar-refractivity contribution in [1.82, 2.24) is 15.0 Å². The topological polar surface area (TPSA) is 51.8 Å². The van der Waals surface area contributed by atoms with Gasteiger partial charge in [-0.05, 0) is 113 Å². The van der Waals surface area contributed by atoms with E-state index in [0.717, 1.165) is 50.7 Å². The second-order valence-corrected chi connectivity index (χ2v) is 15.9. The number of furan rings is 1. The van der Waals surface area contributed by atoms with E-state index in [9.17, 15) is 0 Å². The zero-order valence-corrected chi connectivity index (χ0v) is 35.4. The number of benzene rings is 4. The van der Waals surface area contributed by atoms with Crippen LogP contribution in [-0.4, -0.2) is 15.0 Å². The van der Waals surface area contributed by atoms with Crippen LogP contribution in [0.2, 0.25) is 0 Å². The molecule has 0 aliphatic heterocycles. The van der Waals surface area contributed by atoms with Gasteiger partial charge >= 0.3 is 0 Å². The molecule has 8 aromatic rings. The molecule has 9 rings (SSSR count). The number of nitrogens with zero attached hydrogens (tertiary/aromatic N) is 3. The third kappa shape index (κ3) is 9.89. The minimum atomic E-state index is -2.29. The summed E-state index contributed by atoms with van der Waals surface area (Å²) in [5, 5.41) is 1.65. The van der Waals surface area contributed by atoms with E-state index in [-0.39, 0.29) is 31.4 Å². The quantitative estimate of drug-likeness (QED) is 0.149. The molecule has 5 heteroatoms. The normalized spacial score (nSPS) is 15.9.